The standard InChI is InChI=1S/C8H19N2.CH4.H2O4S/c1-4-10(3)7-5-9(2)6-8-10;;1-5(2,3)4/h4-8H2,1-3H3;1H4;(H2,1,2,3,4)/q+1;;/p-1. The third kappa shape index (κ3) is 10.3. The smallest absolute Gasteiger partial charge is 0.215 e. The molecule has 0 aromatic carbocycles. The van der Waals surface area contributed by atoms with Gasteiger partial charge in [-0.25, -0.2) is 8.42 Å². The highest BCUT2D eigenvalue weighted by Gasteiger charge is 2.24. The van der Waals surface area contributed by atoms with Crippen LogP contribution in [0, 0.1) is 0 Å². The van der Waals surface area contributed by atoms with Crippen molar-refractivity contribution in [3.8, 4) is 0 Å². The average Bonchev–Trinajstić information content (AvgIpc) is 2.08. The zero-order valence-electron chi connectivity index (χ0n) is 9.51. The Hall–Kier alpha value is -0.210. The topological polar surface area (TPSA) is 80.7 Å². The number of hydrogen-bond donors (Lipinski definition) is 1. The molecule has 7 heteroatoms. The van der Waals surface area contributed by atoms with Crippen molar-refractivity contribution in [3.63, 3.8) is 0 Å². The van der Waals surface area contributed by atoms with E-state index in [0.717, 1.165) is 0 Å². The van der Waals surface area contributed by atoms with Gasteiger partial charge in [0.1, 0.15) is 0 Å². The molecular weight excluding hydrogens is 232 g/mol. The first kappa shape index (κ1) is 18.2. The van der Waals surface area contributed by atoms with Gasteiger partial charge in [-0.15, -0.1) is 0 Å². The highest BCUT2D eigenvalue weighted by Crippen LogP contribution is 2.06. The second-order valence-electron chi connectivity index (χ2n) is 4.11. The lowest BCUT2D eigenvalue weighted by Gasteiger charge is -2.40. The molecule has 1 aliphatic rings. The van der Waals surface area contributed by atoms with Gasteiger partial charge in [-0.3, -0.25) is 9.45 Å². The van der Waals surface area contributed by atoms with E-state index in [-0.39, 0.29) is 7.43 Å². The van der Waals surface area contributed by atoms with Gasteiger partial charge in [-0.2, -0.15) is 0 Å². The minimum atomic E-state index is -4.92. The highest BCUT2D eigenvalue weighted by molar-refractivity contribution is 7.79. The summed E-state index contributed by atoms with van der Waals surface area (Å²) >= 11 is 0. The molecule has 0 unspecified atom stereocenters. The Kier molecular flexibility index (Phi) is 8.15. The fourth-order valence-corrected chi connectivity index (χ4v) is 1.36. The summed E-state index contributed by atoms with van der Waals surface area (Å²) in [6.07, 6.45) is 0. The molecule has 1 fully saturated rings. The van der Waals surface area contributed by atoms with E-state index in [2.05, 4.69) is 25.9 Å². The molecule has 0 bridgehead atoms. The lowest BCUT2D eigenvalue weighted by molar-refractivity contribution is -0.911. The average molecular weight is 256 g/mol. The Morgan fingerprint density at radius 1 is 1.38 bits per heavy atom. The van der Waals surface area contributed by atoms with Gasteiger partial charge >= 0.3 is 0 Å². The van der Waals surface area contributed by atoms with Crippen molar-refractivity contribution in [1.29, 1.82) is 0 Å². The summed E-state index contributed by atoms with van der Waals surface area (Å²) in [6, 6.07) is 0. The lowest BCUT2D eigenvalue weighted by atomic mass is 10.3. The van der Waals surface area contributed by atoms with Crippen molar-refractivity contribution in [1.82, 2.24) is 4.90 Å². The van der Waals surface area contributed by atoms with Crippen LogP contribution < -0.4 is 0 Å². The summed E-state index contributed by atoms with van der Waals surface area (Å²) in [5.41, 5.74) is 0. The van der Waals surface area contributed by atoms with E-state index in [4.69, 9.17) is 17.5 Å². The van der Waals surface area contributed by atoms with Gasteiger partial charge in [0.2, 0.25) is 10.4 Å². The third-order valence-corrected chi connectivity index (χ3v) is 2.81. The van der Waals surface area contributed by atoms with Crippen LogP contribution in [0.3, 0.4) is 0 Å². The van der Waals surface area contributed by atoms with Gasteiger partial charge in [0.15, 0.2) is 0 Å². The Morgan fingerprint density at radius 2 is 1.69 bits per heavy atom. The van der Waals surface area contributed by atoms with Crippen molar-refractivity contribution in [2.24, 2.45) is 0 Å². The normalized spacial score (nSPS) is 20.3. The number of hydrogen-bond acceptors (Lipinski definition) is 4. The minimum Gasteiger partial charge on any atom is -0.726 e. The quantitative estimate of drug-likeness (QED) is 0.407. The number of quaternary nitrogens is 1. The minimum absolute atomic E-state index is 0. The van der Waals surface area contributed by atoms with Crippen LogP contribution in [0.1, 0.15) is 14.4 Å². The van der Waals surface area contributed by atoms with Gasteiger partial charge in [0.25, 0.3) is 0 Å². The monoisotopic (exact) mass is 256 g/mol. The maximum absolute atomic E-state index is 8.63. The third-order valence-electron chi connectivity index (χ3n) is 2.81. The van der Waals surface area contributed by atoms with Crippen LogP contribution in [0.4, 0.5) is 0 Å². The molecule has 1 saturated heterocycles. The Morgan fingerprint density at radius 3 is 1.94 bits per heavy atom. The van der Waals surface area contributed by atoms with Crippen molar-refractivity contribution in [2.45, 2.75) is 14.4 Å². The van der Waals surface area contributed by atoms with Gasteiger partial charge in [0, 0.05) is 13.1 Å². The van der Waals surface area contributed by atoms with E-state index < -0.39 is 10.4 Å². The maximum atomic E-state index is 8.63. The zero-order valence-corrected chi connectivity index (χ0v) is 10.3. The van der Waals surface area contributed by atoms with Crippen molar-refractivity contribution in [3.05, 3.63) is 0 Å². The fraction of sp³-hybridized carbons (Fsp3) is 1.00. The molecule has 1 N–H and O–H groups in total. The van der Waals surface area contributed by atoms with Crippen LogP contribution in [-0.2, 0) is 10.4 Å². The number of nitrogens with zero attached hydrogens (tertiary/aromatic N) is 2. The van der Waals surface area contributed by atoms with E-state index in [0.29, 0.717) is 0 Å². The molecule has 0 radical (unpaired) electrons. The van der Waals surface area contributed by atoms with Crippen LogP contribution in [0.15, 0.2) is 0 Å². The van der Waals surface area contributed by atoms with Crippen molar-refractivity contribution in [2.75, 3.05) is 46.8 Å². The van der Waals surface area contributed by atoms with Crippen molar-refractivity contribution >= 4 is 10.4 Å². The van der Waals surface area contributed by atoms with Crippen molar-refractivity contribution < 1.29 is 22.0 Å². The van der Waals surface area contributed by atoms with E-state index in [1.165, 1.54) is 37.2 Å². The second kappa shape index (κ2) is 7.18. The summed E-state index contributed by atoms with van der Waals surface area (Å²) in [6.45, 7) is 8.76. The maximum Gasteiger partial charge on any atom is 0.215 e. The summed E-state index contributed by atoms with van der Waals surface area (Å²) in [5.74, 6) is 0. The predicted molar refractivity (Wildman–Crippen MR) is 63.0 cm³/mol. The molecule has 1 rings (SSSR count). The molecule has 16 heavy (non-hydrogen) atoms. The molecule has 0 amide bonds. The van der Waals surface area contributed by atoms with E-state index in [9.17, 15) is 0 Å². The molecule has 1 aliphatic heterocycles. The number of rotatable bonds is 1. The van der Waals surface area contributed by atoms with E-state index >= 15 is 0 Å². The molecule has 0 atom stereocenters. The molecule has 6 nitrogen and oxygen atoms in total. The summed E-state index contributed by atoms with van der Waals surface area (Å²) in [7, 11) is -0.355. The van der Waals surface area contributed by atoms with Crippen LogP contribution in [0.25, 0.3) is 0 Å². The largest absolute Gasteiger partial charge is 0.726 e. The Balaban J connectivity index is 0. The predicted octanol–water partition coefficient (Wildman–Crippen LogP) is 0.0390. The van der Waals surface area contributed by atoms with Gasteiger partial charge in [-0.1, -0.05) is 7.43 Å². The van der Waals surface area contributed by atoms with Gasteiger partial charge in [-0.05, 0) is 14.0 Å². The first-order valence-corrected chi connectivity index (χ1v) is 6.23. The highest BCUT2D eigenvalue weighted by atomic mass is 32.3. The summed E-state index contributed by atoms with van der Waals surface area (Å²) < 4.78 is 34.1. The lowest BCUT2D eigenvalue weighted by Crippen LogP contribution is -2.56. The number of piperazine rings is 1. The van der Waals surface area contributed by atoms with E-state index in [1.54, 1.807) is 0 Å². The fourth-order valence-electron chi connectivity index (χ4n) is 1.36. The molecule has 0 saturated carbocycles. The van der Waals surface area contributed by atoms with Crippen LogP contribution >= 0.6 is 0 Å². The molecule has 100 valence electrons. The van der Waals surface area contributed by atoms with Crippen LogP contribution in [0.2, 0.25) is 0 Å². The van der Waals surface area contributed by atoms with Crippen LogP contribution in [0.5, 0.6) is 0 Å². The van der Waals surface area contributed by atoms with Gasteiger partial charge in [0.05, 0.1) is 26.7 Å². The Labute approximate surface area is 99.0 Å². The molecular formula is C9H24N2O4S. The SMILES string of the molecule is C.CC[N+]1(C)CCN(C)CC1.O=S(=O)([O-])O. The summed E-state index contributed by atoms with van der Waals surface area (Å²) in [4.78, 5) is 2.41. The molecule has 1 heterocycles. The first-order valence-electron chi connectivity index (χ1n) is 4.87. The van der Waals surface area contributed by atoms with Crippen LogP contribution in [-0.4, -0.2) is 73.7 Å². The molecule has 0 aliphatic carbocycles. The van der Waals surface area contributed by atoms with Gasteiger partial charge < -0.3 is 9.04 Å². The van der Waals surface area contributed by atoms with E-state index in [1.807, 2.05) is 0 Å². The Bertz CT molecular complexity index is 263. The summed E-state index contributed by atoms with van der Waals surface area (Å²) in [5, 5.41) is 0. The molecule has 0 aromatic heterocycles. The molecule has 0 aromatic rings. The first-order chi connectivity index (χ1) is 6.66. The zero-order chi connectivity index (χ0) is 12.1. The second-order valence-corrected chi connectivity index (χ2v) is 4.97. The molecule has 0 spiro atoms. The number of likely N-dealkylation sites (N-methyl/N-ethyl adjacent to an activating group) is 2.